The van der Waals surface area contributed by atoms with Gasteiger partial charge >= 0.3 is 10.8 Å². The van der Waals surface area contributed by atoms with Gasteiger partial charge in [-0.3, -0.25) is 4.79 Å². The maximum atomic E-state index is 12.6. The van der Waals surface area contributed by atoms with E-state index in [0.29, 0.717) is 0 Å². The summed E-state index contributed by atoms with van der Waals surface area (Å²) in [5.74, 6) is -3.26. The average molecular weight is 297 g/mol. The van der Waals surface area contributed by atoms with E-state index in [1.165, 1.54) is 0 Å². The highest BCUT2D eigenvalue weighted by Crippen LogP contribution is 2.27. The first-order valence-electron chi connectivity index (χ1n) is 4.24. The average Bonchev–Trinajstić information content (AvgIpc) is 2.64. The van der Waals surface area contributed by atoms with Crippen LogP contribution >= 0.6 is 15.9 Å². The Balaban J connectivity index is 2.87. The summed E-state index contributed by atoms with van der Waals surface area (Å²) in [6, 6.07) is 2.09. The molecule has 0 bridgehead atoms. The van der Waals surface area contributed by atoms with Crippen molar-refractivity contribution in [1.82, 2.24) is 0 Å². The van der Waals surface area contributed by atoms with Gasteiger partial charge in [-0.05, 0) is 35.0 Å². The zero-order valence-electron chi connectivity index (χ0n) is 8.13. The van der Waals surface area contributed by atoms with Crippen LogP contribution in [0, 0.1) is 0 Å². The van der Waals surface area contributed by atoms with E-state index in [4.69, 9.17) is 0 Å². The van der Waals surface area contributed by atoms with Gasteiger partial charge in [-0.1, -0.05) is 0 Å². The van der Waals surface area contributed by atoms with Crippen LogP contribution in [0.1, 0.15) is 28.0 Å². The third-order valence-corrected chi connectivity index (χ3v) is 1.92. The second-order valence-electron chi connectivity index (χ2n) is 2.71. The summed E-state index contributed by atoms with van der Waals surface area (Å²) in [5, 5.41) is 0. The molecule has 88 valence electrons. The summed E-state index contributed by atoms with van der Waals surface area (Å²) < 4.78 is 34.3. The van der Waals surface area contributed by atoms with Gasteiger partial charge in [0.25, 0.3) is 5.78 Å². The molecule has 7 heteroatoms. The minimum Gasteiger partial charge on any atom is -0.460 e. The number of esters is 1. The van der Waals surface area contributed by atoms with Gasteiger partial charge in [-0.2, -0.15) is 8.78 Å². The van der Waals surface area contributed by atoms with Crippen LogP contribution in [-0.4, -0.2) is 23.2 Å². The van der Waals surface area contributed by atoms with Crippen LogP contribution in [0.15, 0.2) is 16.5 Å². The van der Waals surface area contributed by atoms with Crippen LogP contribution in [0.2, 0.25) is 0 Å². The van der Waals surface area contributed by atoms with Crippen molar-refractivity contribution in [3.8, 4) is 0 Å². The van der Waals surface area contributed by atoms with Crippen molar-refractivity contribution in [1.29, 1.82) is 0 Å². The SMILES string of the molecule is CCOC(=O)c1ccc(C(=O)C(F)(F)Br)o1. The Hall–Kier alpha value is -1.24. The molecule has 0 aliphatic rings. The smallest absolute Gasteiger partial charge is 0.374 e. The van der Waals surface area contributed by atoms with Gasteiger partial charge in [0.05, 0.1) is 6.61 Å². The number of carbonyl (C=O) groups is 2. The Morgan fingerprint density at radius 3 is 2.50 bits per heavy atom. The molecule has 0 unspecified atom stereocenters. The van der Waals surface area contributed by atoms with E-state index < -0.39 is 22.3 Å². The molecular weight excluding hydrogens is 290 g/mol. The van der Waals surface area contributed by atoms with Crippen LogP contribution in [0.4, 0.5) is 8.78 Å². The molecule has 1 aromatic rings. The van der Waals surface area contributed by atoms with Gasteiger partial charge < -0.3 is 9.15 Å². The lowest BCUT2D eigenvalue weighted by atomic mass is 10.3. The molecule has 0 N–H and O–H groups in total. The highest BCUT2D eigenvalue weighted by Gasteiger charge is 2.38. The Labute approximate surface area is 97.7 Å². The fraction of sp³-hybridized carbons (Fsp3) is 0.333. The molecule has 0 aromatic carbocycles. The first-order valence-corrected chi connectivity index (χ1v) is 5.04. The van der Waals surface area contributed by atoms with Crippen molar-refractivity contribution in [2.45, 2.75) is 11.8 Å². The molecule has 1 heterocycles. The Morgan fingerprint density at radius 2 is 2.00 bits per heavy atom. The fourth-order valence-corrected chi connectivity index (χ4v) is 1.11. The highest BCUT2D eigenvalue weighted by atomic mass is 79.9. The third kappa shape index (κ3) is 2.88. The quantitative estimate of drug-likeness (QED) is 0.487. The normalized spacial score (nSPS) is 11.2. The third-order valence-electron chi connectivity index (χ3n) is 1.56. The minimum atomic E-state index is -3.71. The van der Waals surface area contributed by atoms with Gasteiger partial charge in [0, 0.05) is 0 Å². The summed E-state index contributed by atoms with van der Waals surface area (Å²) in [7, 11) is 0. The molecule has 4 nitrogen and oxygen atoms in total. The molecule has 0 fully saturated rings. The second kappa shape index (κ2) is 4.73. The van der Waals surface area contributed by atoms with E-state index in [9.17, 15) is 18.4 Å². The molecule has 0 atom stereocenters. The number of Topliss-reactive ketones (excluding diaryl/α,β-unsaturated/α-hetero) is 1. The second-order valence-corrected chi connectivity index (χ2v) is 3.71. The van der Waals surface area contributed by atoms with Crippen LogP contribution in [-0.2, 0) is 4.74 Å². The predicted octanol–water partition coefficient (Wildman–Crippen LogP) is 2.63. The number of ether oxygens (including phenoxy) is 1. The number of furan rings is 1. The lowest BCUT2D eigenvalue weighted by molar-refractivity contribution is 0.0475. The zero-order valence-corrected chi connectivity index (χ0v) is 9.71. The molecule has 0 radical (unpaired) electrons. The molecule has 16 heavy (non-hydrogen) atoms. The van der Waals surface area contributed by atoms with Crippen LogP contribution in [0.3, 0.4) is 0 Å². The molecule has 0 aliphatic carbocycles. The zero-order chi connectivity index (χ0) is 12.3. The van der Waals surface area contributed by atoms with E-state index in [2.05, 4.69) is 9.15 Å². The van der Waals surface area contributed by atoms with Gasteiger partial charge in [0.1, 0.15) is 0 Å². The maximum Gasteiger partial charge on any atom is 0.374 e. The van der Waals surface area contributed by atoms with Crippen molar-refractivity contribution in [2.75, 3.05) is 6.61 Å². The van der Waals surface area contributed by atoms with Gasteiger partial charge in [-0.25, -0.2) is 4.79 Å². The lowest BCUT2D eigenvalue weighted by Crippen LogP contribution is -2.20. The number of rotatable bonds is 4. The standard InChI is InChI=1S/C9H7BrF2O4/c1-2-15-8(14)6-4-3-5(16-6)7(13)9(10,11)12/h3-4H,2H2,1H3. The number of hydrogen-bond acceptors (Lipinski definition) is 4. The van der Waals surface area contributed by atoms with Crippen molar-refractivity contribution in [2.24, 2.45) is 0 Å². The number of ketones is 1. The Bertz CT molecular complexity index is 408. The molecule has 1 rings (SSSR count). The van der Waals surface area contributed by atoms with Crippen molar-refractivity contribution < 1.29 is 27.5 Å². The lowest BCUT2D eigenvalue weighted by Gasteiger charge is -2.03. The molecule has 1 aromatic heterocycles. The fourth-order valence-electron chi connectivity index (χ4n) is 0.912. The molecule has 0 saturated heterocycles. The van der Waals surface area contributed by atoms with E-state index in [1.54, 1.807) is 6.92 Å². The Kier molecular flexibility index (Phi) is 3.79. The summed E-state index contributed by atoms with van der Waals surface area (Å²) in [5.41, 5.74) is 0. The number of alkyl halides is 3. The molecular formula is C9H7BrF2O4. The predicted molar refractivity (Wildman–Crippen MR) is 52.9 cm³/mol. The summed E-state index contributed by atoms with van der Waals surface area (Å²) in [6.45, 7) is 1.71. The topological polar surface area (TPSA) is 56.5 Å². The Morgan fingerprint density at radius 1 is 1.44 bits per heavy atom. The first-order chi connectivity index (χ1) is 7.36. The monoisotopic (exact) mass is 296 g/mol. The van der Waals surface area contributed by atoms with E-state index in [0.717, 1.165) is 12.1 Å². The number of hydrogen-bond donors (Lipinski definition) is 0. The van der Waals surface area contributed by atoms with Crippen LogP contribution in [0.25, 0.3) is 0 Å². The van der Waals surface area contributed by atoms with Crippen LogP contribution in [0.5, 0.6) is 0 Å². The van der Waals surface area contributed by atoms with Crippen molar-refractivity contribution in [3.05, 3.63) is 23.7 Å². The van der Waals surface area contributed by atoms with Crippen molar-refractivity contribution >= 4 is 27.7 Å². The van der Waals surface area contributed by atoms with Gasteiger partial charge in [-0.15, -0.1) is 0 Å². The van der Waals surface area contributed by atoms with Gasteiger partial charge in [0.2, 0.25) is 5.76 Å². The first kappa shape index (κ1) is 12.8. The summed E-state index contributed by atoms with van der Waals surface area (Å²) >= 11 is 1.90. The molecule has 0 spiro atoms. The van der Waals surface area contributed by atoms with E-state index in [-0.39, 0.29) is 12.4 Å². The maximum absolute atomic E-state index is 12.6. The summed E-state index contributed by atoms with van der Waals surface area (Å²) in [6.07, 6.45) is 0. The largest absolute Gasteiger partial charge is 0.460 e. The van der Waals surface area contributed by atoms with Gasteiger partial charge in [0.15, 0.2) is 5.76 Å². The van der Waals surface area contributed by atoms with E-state index in [1.807, 2.05) is 15.9 Å². The van der Waals surface area contributed by atoms with Crippen LogP contribution < -0.4 is 0 Å². The number of carbonyl (C=O) groups excluding carboxylic acids is 2. The highest BCUT2D eigenvalue weighted by molar-refractivity contribution is 9.10. The minimum absolute atomic E-state index is 0.122. The summed E-state index contributed by atoms with van der Waals surface area (Å²) in [4.78, 5) is 18.4. The molecule has 0 amide bonds. The molecule has 0 saturated carbocycles. The van der Waals surface area contributed by atoms with E-state index >= 15 is 0 Å². The molecule has 0 aliphatic heterocycles. The van der Waals surface area contributed by atoms with Crippen molar-refractivity contribution in [3.63, 3.8) is 0 Å². The number of halogens is 3.